The van der Waals surface area contributed by atoms with E-state index in [1.54, 1.807) is 0 Å². The summed E-state index contributed by atoms with van der Waals surface area (Å²) in [5.74, 6) is 0.984. The molecule has 2 aliphatic carbocycles. The van der Waals surface area contributed by atoms with Crippen LogP contribution >= 0.6 is 0 Å². The third-order valence-electron chi connectivity index (χ3n) is 5.57. The third kappa shape index (κ3) is 9.42. The van der Waals surface area contributed by atoms with Crippen molar-refractivity contribution in [2.45, 2.75) is 84.0 Å². The molecule has 0 aromatic heterocycles. The van der Waals surface area contributed by atoms with Gasteiger partial charge in [-0.05, 0) is 43.9 Å². The van der Waals surface area contributed by atoms with Crippen molar-refractivity contribution in [2.75, 3.05) is 19.8 Å². The summed E-state index contributed by atoms with van der Waals surface area (Å²) < 4.78 is 10.7. The molecule has 2 aliphatic rings. The average molecular weight is 396 g/mol. The van der Waals surface area contributed by atoms with Crippen molar-refractivity contribution >= 4 is 18.1 Å². The molecule has 0 bridgehead atoms. The number of hydrogen-bond acceptors (Lipinski definition) is 5. The van der Waals surface area contributed by atoms with E-state index in [-0.39, 0.29) is 5.96 Å². The van der Waals surface area contributed by atoms with Crippen LogP contribution in [0.3, 0.4) is 0 Å². The van der Waals surface area contributed by atoms with Gasteiger partial charge in [0, 0.05) is 6.54 Å². The molecule has 7 heteroatoms. The third-order valence-corrected chi connectivity index (χ3v) is 5.57. The number of alkyl carbamates (subject to hydrolysis) is 2. The molecule has 2 N–H and O–H groups in total. The van der Waals surface area contributed by atoms with Crippen molar-refractivity contribution in [3.8, 4) is 0 Å². The van der Waals surface area contributed by atoms with Crippen LogP contribution in [0.25, 0.3) is 0 Å². The summed E-state index contributed by atoms with van der Waals surface area (Å²) in [5.41, 5.74) is 0. The second-order valence-electron chi connectivity index (χ2n) is 8.04. The second-order valence-corrected chi connectivity index (χ2v) is 8.04. The molecule has 2 rings (SSSR count). The van der Waals surface area contributed by atoms with Gasteiger partial charge in [0.25, 0.3) is 0 Å². The van der Waals surface area contributed by atoms with Gasteiger partial charge in [-0.2, -0.15) is 0 Å². The fraction of sp³-hybridized carbons (Fsp3) is 0.857. The van der Waals surface area contributed by atoms with Gasteiger partial charge in [0.15, 0.2) is 0 Å². The van der Waals surface area contributed by atoms with Gasteiger partial charge in [-0.15, -0.1) is 0 Å². The van der Waals surface area contributed by atoms with Gasteiger partial charge in [-0.1, -0.05) is 51.9 Å². The predicted octanol–water partition coefficient (Wildman–Crippen LogP) is 4.76. The minimum atomic E-state index is -0.576. The maximum Gasteiger partial charge on any atom is 0.413 e. The zero-order chi connectivity index (χ0) is 20.0. The fourth-order valence-electron chi connectivity index (χ4n) is 3.82. The van der Waals surface area contributed by atoms with Gasteiger partial charge in [-0.25, -0.2) is 9.59 Å². The van der Waals surface area contributed by atoms with E-state index in [2.05, 4.69) is 22.5 Å². The van der Waals surface area contributed by atoms with Gasteiger partial charge in [0.2, 0.25) is 5.96 Å². The van der Waals surface area contributed by atoms with Gasteiger partial charge >= 0.3 is 12.2 Å². The number of amides is 2. The van der Waals surface area contributed by atoms with Crippen LogP contribution in [0, 0.1) is 11.8 Å². The lowest BCUT2D eigenvalue weighted by Gasteiger charge is -2.22. The fourth-order valence-corrected chi connectivity index (χ4v) is 3.82. The Kier molecular flexibility index (Phi) is 10.8. The minimum absolute atomic E-state index is 0.107. The number of aliphatic imine (C=N–C) groups is 1. The van der Waals surface area contributed by atoms with Crippen LogP contribution < -0.4 is 10.6 Å². The zero-order valence-electron chi connectivity index (χ0n) is 17.3. The molecule has 28 heavy (non-hydrogen) atoms. The molecule has 160 valence electrons. The van der Waals surface area contributed by atoms with Crippen LogP contribution in [0.1, 0.15) is 84.0 Å². The number of unbranched alkanes of at least 4 members (excludes halogenated alkanes) is 1. The minimum Gasteiger partial charge on any atom is -0.449 e. The van der Waals surface area contributed by atoms with Gasteiger partial charge in [-0.3, -0.25) is 15.6 Å². The number of carbonyl (C=O) groups is 2. The number of ether oxygens (including phenoxy) is 2. The van der Waals surface area contributed by atoms with Crippen molar-refractivity contribution in [1.82, 2.24) is 10.6 Å². The summed E-state index contributed by atoms with van der Waals surface area (Å²) in [4.78, 5) is 28.5. The molecule has 0 radical (unpaired) electrons. The van der Waals surface area contributed by atoms with Crippen molar-refractivity contribution in [1.29, 1.82) is 0 Å². The first kappa shape index (κ1) is 22.5. The molecule has 0 aromatic carbocycles. The molecule has 2 saturated carbocycles. The van der Waals surface area contributed by atoms with E-state index in [1.165, 1.54) is 38.5 Å². The van der Waals surface area contributed by atoms with Crippen LogP contribution in [0.5, 0.6) is 0 Å². The Morgan fingerprint density at radius 2 is 1.29 bits per heavy atom. The van der Waals surface area contributed by atoms with Crippen LogP contribution in [0.4, 0.5) is 9.59 Å². The van der Waals surface area contributed by atoms with E-state index < -0.39 is 12.2 Å². The van der Waals surface area contributed by atoms with E-state index in [4.69, 9.17) is 9.47 Å². The SMILES string of the molecule is CCCCN=C(NC(=O)OCC1CCCCC1)NC(=O)OCC1CCCCC1. The quantitative estimate of drug-likeness (QED) is 0.370. The first-order valence-corrected chi connectivity index (χ1v) is 11.1. The Bertz CT molecular complexity index is 460. The number of carbonyl (C=O) groups excluding carboxylic acids is 2. The van der Waals surface area contributed by atoms with Crippen LogP contribution in [0.15, 0.2) is 4.99 Å². The van der Waals surface area contributed by atoms with Crippen LogP contribution in [0.2, 0.25) is 0 Å². The van der Waals surface area contributed by atoms with E-state index in [0.29, 0.717) is 31.6 Å². The highest BCUT2D eigenvalue weighted by Crippen LogP contribution is 2.24. The molecule has 0 saturated heterocycles. The number of hydrogen-bond donors (Lipinski definition) is 2. The topological polar surface area (TPSA) is 89.0 Å². The molecule has 2 fully saturated rings. The van der Waals surface area contributed by atoms with E-state index in [9.17, 15) is 9.59 Å². The predicted molar refractivity (Wildman–Crippen MR) is 109 cm³/mol. The Balaban J connectivity index is 1.74. The number of guanidine groups is 1. The van der Waals surface area contributed by atoms with E-state index >= 15 is 0 Å². The molecule has 0 spiro atoms. The largest absolute Gasteiger partial charge is 0.449 e. The van der Waals surface area contributed by atoms with Crippen molar-refractivity contribution < 1.29 is 19.1 Å². The molecule has 0 heterocycles. The molecule has 0 aromatic rings. The highest BCUT2D eigenvalue weighted by Gasteiger charge is 2.18. The lowest BCUT2D eigenvalue weighted by molar-refractivity contribution is 0.117. The monoisotopic (exact) mass is 395 g/mol. The Morgan fingerprint density at radius 1 is 0.821 bits per heavy atom. The molecule has 0 aliphatic heterocycles. The first-order chi connectivity index (χ1) is 13.7. The molecule has 0 unspecified atom stereocenters. The van der Waals surface area contributed by atoms with Crippen LogP contribution in [-0.2, 0) is 9.47 Å². The summed E-state index contributed by atoms with van der Waals surface area (Å²) in [6.45, 7) is 3.42. The molecule has 0 atom stereocenters. The summed E-state index contributed by atoms with van der Waals surface area (Å²) in [6.07, 6.45) is 12.5. The molecule has 7 nitrogen and oxygen atoms in total. The standard InChI is InChI=1S/C21H37N3O4/c1-2-3-14-22-19(23-20(25)27-15-17-10-6-4-7-11-17)24-21(26)28-16-18-12-8-5-9-13-18/h17-18H,2-16H2,1H3,(H2,22,23,24,25,26). The number of rotatable bonds is 7. The molecular formula is C21H37N3O4. The van der Waals surface area contributed by atoms with E-state index in [1.807, 2.05) is 0 Å². The number of nitrogens with zero attached hydrogens (tertiary/aromatic N) is 1. The molecule has 2 amide bonds. The van der Waals surface area contributed by atoms with Crippen molar-refractivity contribution in [3.05, 3.63) is 0 Å². The summed E-state index contributed by atoms with van der Waals surface area (Å²) in [5, 5.41) is 5.12. The molecular weight excluding hydrogens is 358 g/mol. The van der Waals surface area contributed by atoms with E-state index in [0.717, 1.165) is 38.5 Å². The normalized spacial score (nSPS) is 18.2. The van der Waals surface area contributed by atoms with Crippen LogP contribution in [-0.4, -0.2) is 37.9 Å². The maximum absolute atomic E-state index is 12.1. The lowest BCUT2D eigenvalue weighted by Crippen LogP contribution is -2.45. The smallest absolute Gasteiger partial charge is 0.413 e. The summed E-state index contributed by atoms with van der Waals surface area (Å²) >= 11 is 0. The van der Waals surface area contributed by atoms with Crippen molar-refractivity contribution in [2.24, 2.45) is 16.8 Å². The Hall–Kier alpha value is -1.79. The van der Waals surface area contributed by atoms with Gasteiger partial charge < -0.3 is 9.47 Å². The van der Waals surface area contributed by atoms with Gasteiger partial charge in [0.1, 0.15) is 0 Å². The Morgan fingerprint density at radius 3 is 1.71 bits per heavy atom. The lowest BCUT2D eigenvalue weighted by atomic mass is 9.90. The first-order valence-electron chi connectivity index (χ1n) is 11.1. The summed E-state index contributed by atoms with van der Waals surface area (Å²) in [6, 6.07) is 0. The van der Waals surface area contributed by atoms with Gasteiger partial charge in [0.05, 0.1) is 13.2 Å². The Labute approximate surface area is 169 Å². The maximum atomic E-state index is 12.1. The highest BCUT2D eigenvalue weighted by molar-refractivity contribution is 6.01. The second kappa shape index (κ2) is 13.4. The zero-order valence-corrected chi connectivity index (χ0v) is 17.3. The highest BCUT2D eigenvalue weighted by atomic mass is 16.6. The van der Waals surface area contributed by atoms with Crippen molar-refractivity contribution in [3.63, 3.8) is 0 Å². The number of nitrogens with one attached hydrogen (secondary N) is 2. The summed E-state index contributed by atoms with van der Waals surface area (Å²) in [7, 11) is 0. The average Bonchev–Trinajstić information content (AvgIpc) is 2.72.